The molecule has 0 amide bonds. The Morgan fingerprint density at radius 2 is 2.00 bits per heavy atom. The number of rotatable bonds is 8. The zero-order valence-corrected chi connectivity index (χ0v) is 15.2. The van der Waals surface area contributed by atoms with E-state index in [1.54, 1.807) is 0 Å². The van der Waals surface area contributed by atoms with Crippen molar-refractivity contribution in [2.75, 3.05) is 5.75 Å². The molecular formula is C19H27N3OS. The monoisotopic (exact) mass is 345 g/mol. The van der Waals surface area contributed by atoms with Crippen molar-refractivity contribution in [1.82, 2.24) is 15.5 Å². The van der Waals surface area contributed by atoms with Gasteiger partial charge in [-0.15, -0.1) is 0 Å². The van der Waals surface area contributed by atoms with Crippen LogP contribution in [0.15, 0.2) is 34.9 Å². The summed E-state index contributed by atoms with van der Waals surface area (Å²) >= 11 is 2.08. The molecule has 0 unspecified atom stereocenters. The second-order valence-corrected chi connectivity index (χ2v) is 7.87. The van der Waals surface area contributed by atoms with Gasteiger partial charge in [-0.05, 0) is 30.6 Å². The number of thioether (sulfide) groups is 1. The van der Waals surface area contributed by atoms with E-state index in [0.29, 0.717) is 18.5 Å². The van der Waals surface area contributed by atoms with Gasteiger partial charge < -0.3 is 9.84 Å². The molecule has 1 aliphatic carbocycles. The molecule has 1 aliphatic rings. The molecule has 4 nitrogen and oxygen atoms in total. The van der Waals surface area contributed by atoms with Crippen molar-refractivity contribution in [3.8, 4) is 0 Å². The van der Waals surface area contributed by atoms with Crippen molar-refractivity contribution in [3.05, 3.63) is 47.6 Å². The summed E-state index contributed by atoms with van der Waals surface area (Å²) in [6.45, 7) is 2.93. The number of hydrogen-bond acceptors (Lipinski definition) is 5. The summed E-state index contributed by atoms with van der Waals surface area (Å²) in [5.74, 6) is 2.70. The molecule has 2 aromatic rings. The van der Waals surface area contributed by atoms with Crippen LogP contribution in [0.3, 0.4) is 0 Å². The summed E-state index contributed by atoms with van der Waals surface area (Å²) in [5, 5.41) is 8.49. The first-order valence-electron chi connectivity index (χ1n) is 9.05. The van der Waals surface area contributed by atoms with Crippen LogP contribution in [0.1, 0.15) is 49.9 Å². The van der Waals surface area contributed by atoms with Gasteiger partial charge in [0.1, 0.15) is 0 Å². The number of aromatic nitrogens is 2. The fraction of sp³-hybridized carbons (Fsp3) is 0.579. The van der Waals surface area contributed by atoms with Crippen LogP contribution < -0.4 is 5.32 Å². The molecule has 1 fully saturated rings. The van der Waals surface area contributed by atoms with Crippen molar-refractivity contribution >= 4 is 11.8 Å². The molecule has 5 heteroatoms. The van der Waals surface area contributed by atoms with E-state index in [0.717, 1.165) is 23.9 Å². The molecule has 130 valence electrons. The van der Waals surface area contributed by atoms with E-state index in [2.05, 4.69) is 58.4 Å². The van der Waals surface area contributed by atoms with Crippen molar-refractivity contribution in [1.29, 1.82) is 0 Å². The number of nitrogens with one attached hydrogen (secondary N) is 1. The average molecular weight is 346 g/mol. The SMILES string of the molecule is CCS[C@@H]1CCCC[C@@H]1NCc1nc(CCc2ccccc2)no1. The summed E-state index contributed by atoms with van der Waals surface area (Å²) < 4.78 is 5.41. The van der Waals surface area contributed by atoms with Crippen molar-refractivity contribution < 1.29 is 4.52 Å². The van der Waals surface area contributed by atoms with Crippen LogP contribution >= 0.6 is 11.8 Å². The van der Waals surface area contributed by atoms with Gasteiger partial charge in [-0.25, -0.2) is 0 Å². The molecule has 0 aliphatic heterocycles. The van der Waals surface area contributed by atoms with Gasteiger partial charge in [0.15, 0.2) is 5.82 Å². The van der Waals surface area contributed by atoms with E-state index in [-0.39, 0.29) is 0 Å². The molecule has 0 bridgehead atoms. The largest absolute Gasteiger partial charge is 0.338 e. The summed E-state index contributed by atoms with van der Waals surface area (Å²) in [5.41, 5.74) is 1.31. The van der Waals surface area contributed by atoms with Crippen LogP contribution in [0.25, 0.3) is 0 Å². The lowest BCUT2D eigenvalue weighted by Crippen LogP contribution is -2.40. The van der Waals surface area contributed by atoms with Crippen molar-refractivity contribution in [3.63, 3.8) is 0 Å². The standard InChI is InChI=1S/C19H27N3OS/c1-2-24-17-11-7-6-10-16(17)20-14-19-21-18(22-23-19)13-12-15-8-4-3-5-9-15/h3-5,8-9,16-17,20H,2,6-7,10-14H2,1H3/t16-,17+/m0/s1. The summed E-state index contributed by atoms with van der Waals surface area (Å²) in [6, 6.07) is 11.0. The van der Waals surface area contributed by atoms with Gasteiger partial charge in [-0.3, -0.25) is 0 Å². The minimum Gasteiger partial charge on any atom is -0.338 e. The van der Waals surface area contributed by atoms with Crippen molar-refractivity contribution in [2.24, 2.45) is 0 Å². The predicted molar refractivity (Wildman–Crippen MR) is 99.2 cm³/mol. The summed E-state index contributed by atoms with van der Waals surface area (Å²) in [7, 11) is 0. The van der Waals surface area contributed by atoms with E-state index in [4.69, 9.17) is 4.52 Å². The number of hydrogen-bond donors (Lipinski definition) is 1. The molecular weight excluding hydrogens is 318 g/mol. The Labute approximate surface area is 148 Å². The van der Waals surface area contributed by atoms with Gasteiger partial charge in [-0.1, -0.05) is 55.3 Å². The molecule has 0 radical (unpaired) electrons. The molecule has 0 saturated heterocycles. The first-order chi connectivity index (χ1) is 11.8. The highest BCUT2D eigenvalue weighted by Gasteiger charge is 2.25. The van der Waals surface area contributed by atoms with E-state index < -0.39 is 0 Å². The molecule has 1 N–H and O–H groups in total. The third kappa shape index (κ3) is 5.08. The van der Waals surface area contributed by atoms with E-state index in [1.165, 1.54) is 37.0 Å². The maximum absolute atomic E-state index is 5.41. The fourth-order valence-electron chi connectivity index (χ4n) is 3.33. The second-order valence-electron chi connectivity index (χ2n) is 6.36. The molecule has 24 heavy (non-hydrogen) atoms. The zero-order chi connectivity index (χ0) is 16.6. The highest BCUT2D eigenvalue weighted by molar-refractivity contribution is 7.99. The van der Waals surface area contributed by atoms with Gasteiger partial charge in [0.25, 0.3) is 0 Å². The molecule has 3 rings (SSSR count). The highest BCUT2D eigenvalue weighted by Crippen LogP contribution is 2.28. The van der Waals surface area contributed by atoms with Gasteiger partial charge in [0, 0.05) is 17.7 Å². The van der Waals surface area contributed by atoms with E-state index in [1.807, 2.05) is 6.07 Å². The molecule has 1 heterocycles. The zero-order valence-electron chi connectivity index (χ0n) is 14.4. The van der Waals surface area contributed by atoms with Gasteiger partial charge >= 0.3 is 0 Å². The lowest BCUT2D eigenvalue weighted by Gasteiger charge is -2.31. The Morgan fingerprint density at radius 1 is 1.17 bits per heavy atom. The maximum atomic E-state index is 5.41. The topological polar surface area (TPSA) is 51.0 Å². The summed E-state index contributed by atoms with van der Waals surface area (Å²) in [6.07, 6.45) is 7.04. The van der Waals surface area contributed by atoms with E-state index >= 15 is 0 Å². The molecule has 1 saturated carbocycles. The van der Waals surface area contributed by atoms with Crippen LogP contribution in [0.5, 0.6) is 0 Å². The smallest absolute Gasteiger partial charge is 0.240 e. The summed E-state index contributed by atoms with van der Waals surface area (Å²) in [4.78, 5) is 4.53. The Morgan fingerprint density at radius 3 is 2.83 bits per heavy atom. The molecule has 1 aromatic heterocycles. The predicted octanol–water partition coefficient (Wildman–Crippen LogP) is 4.01. The Bertz CT molecular complexity index is 600. The number of nitrogens with zero attached hydrogens (tertiary/aromatic N) is 2. The van der Waals surface area contributed by atoms with Crippen LogP contribution in [0.4, 0.5) is 0 Å². The van der Waals surface area contributed by atoms with Crippen LogP contribution in [0, 0.1) is 0 Å². The normalized spacial score (nSPS) is 21.0. The van der Waals surface area contributed by atoms with Gasteiger partial charge in [0.2, 0.25) is 5.89 Å². The average Bonchev–Trinajstić information content (AvgIpc) is 3.08. The minimum absolute atomic E-state index is 0.573. The Hall–Kier alpha value is -1.33. The first kappa shape index (κ1) is 17.5. The molecule has 2 atom stereocenters. The maximum Gasteiger partial charge on any atom is 0.240 e. The fourth-order valence-corrected chi connectivity index (χ4v) is 4.55. The van der Waals surface area contributed by atoms with Crippen LogP contribution in [-0.4, -0.2) is 27.2 Å². The molecule has 0 spiro atoms. The number of benzene rings is 1. The van der Waals surface area contributed by atoms with Gasteiger partial charge in [-0.2, -0.15) is 16.7 Å². The van der Waals surface area contributed by atoms with Crippen LogP contribution in [-0.2, 0) is 19.4 Å². The third-order valence-corrected chi connectivity index (χ3v) is 5.91. The van der Waals surface area contributed by atoms with Crippen molar-refractivity contribution in [2.45, 2.75) is 63.3 Å². The lowest BCUT2D eigenvalue weighted by molar-refractivity contribution is 0.330. The molecule has 1 aromatic carbocycles. The second kappa shape index (κ2) is 9.23. The Kier molecular flexibility index (Phi) is 6.73. The number of aryl methyl sites for hydroxylation is 2. The van der Waals surface area contributed by atoms with Gasteiger partial charge in [0.05, 0.1) is 6.54 Å². The quantitative estimate of drug-likeness (QED) is 0.783. The third-order valence-electron chi connectivity index (χ3n) is 4.59. The first-order valence-corrected chi connectivity index (χ1v) is 10.1. The Balaban J connectivity index is 1.47. The highest BCUT2D eigenvalue weighted by atomic mass is 32.2. The van der Waals surface area contributed by atoms with Crippen LogP contribution in [0.2, 0.25) is 0 Å². The lowest BCUT2D eigenvalue weighted by atomic mass is 9.95. The minimum atomic E-state index is 0.573. The van der Waals surface area contributed by atoms with E-state index in [9.17, 15) is 0 Å².